The van der Waals surface area contributed by atoms with Gasteiger partial charge in [-0.25, -0.2) is 26.4 Å². The number of sulfone groups is 1. The van der Waals surface area contributed by atoms with Gasteiger partial charge in [0, 0.05) is 23.9 Å². The quantitative estimate of drug-likeness (QED) is 0.0795. The molecule has 0 fully saturated rings. The van der Waals surface area contributed by atoms with Gasteiger partial charge < -0.3 is 25.5 Å². The number of phenolic OH excluding ortho intramolecular Hbond substituents is 1. The van der Waals surface area contributed by atoms with Crippen molar-refractivity contribution in [2.45, 2.75) is 23.1 Å². The van der Waals surface area contributed by atoms with Gasteiger partial charge >= 0.3 is 5.97 Å². The van der Waals surface area contributed by atoms with Crippen LogP contribution in [0.2, 0.25) is 0 Å². The fraction of sp³-hybridized carbons (Fsp3) is 0.231. The van der Waals surface area contributed by atoms with Gasteiger partial charge in [0.15, 0.2) is 22.3 Å². The van der Waals surface area contributed by atoms with Crippen LogP contribution in [0.15, 0.2) is 75.6 Å². The number of carbonyl (C=O) groups excluding carboxylic acids is 1. The minimum absolute atomic E-state index is 0.0836. The Morgan fingerprint density at radius 1 is 1.02 bits per heavy atom. The maximum Gasteiger partial charge on any atom is 0.344 e. The SMILES string of the molecule is CCOC(=O)COc1cc(-c2ccccc2S(C)(=O)=O)ccc1CCNS(=O)(=O)c1cc(/C(N)=N/O)ccc1O. The maximum atomic E-state index is 12.9. The number of oxime groups is 1. The van der Waals surface area contributed by atoms with E-state index in [2.05, 4.69) is 9.88 Å². The van der Waals surface area contributed by atoms with Gasteiger partial charge in [-0.3, -0.25) is 0 Å². The van der Waals surface area contributed by atoms with Crippen LogP contribution < -0.4 is 15.2 Å². The third-order valence-electron chi connectivity index (χ3n) is 5.65. The molecule has 0 unspecified atom stereocenters. The van der Waals surface area contributed by atoms with Crippen molar-refractivity contribution in [1.82, 2.24) is 4.72 Å². The first-order valence-electron chi connectivity index (χ1n) is 11.9. The first kappa shape index (κ1) is 30.4. The van der Waals surface area contributed by atoms with E-state index < -0.39 is 43.1 Å². The van der Waals surface area contributed by atoms with E-state index in [0.29, 0.717) is 16.7 Å². The van der Waals surface area contributed by atoms with E-state index in [1.54, 1.807) is 43.3 Å². The second-order valence-electron chi connectivity index (χ2n) is 8.50. The van der Waals surface area contributed by atoms with Gasteiger partial charge in [-0.1, -0.05) is 35.5 Å². The predicted octanol–water partition coefficient (Wildman–Crippen LogP) is 2.02. The van der Waals surface area contributed by atoms with Crippen LogP contribution in [-0.2, 0) is 35.8 Å². The van der Waals surface area contributed by atoms with Crippen LogP contribution in [-0.4, -0.2) is 65.0 Å². The lowest BCUT2D eigenvalue weighted by molar-refractivity contribution is -0.145. The van der Waals surface area contributed by atoms with Gasteiger partial charge in [-0.05, 0) is 54.8 Å². The normalized spacial score (nSPS) is 12.2. The summed E-state index contributed by atoms with van der Waals surface area (Å²) in [5.41, 5.74) is 7.07. The lowest BCUT2D eigenvalue weighted by atomic mass is 10.0. The molecule has 0 heterocycles. The van der Waals surface area contributed by atoms with Crippen molar-refractivity contribution in [3.05, 3.63) is 71.8 Å². The molecule has 0 saturated heterocycles. The average molecular weight is 592 g/mol. The van der Waals surface area contributed by atoms with Crippen molar-refractivity contribution in [3.63, 3.8) is 0 Å². The number of sulfonamides is 1. The number of nitrogens with one attached hydrogen (secondary N) is 1. The number of nitrogens with zero attached hydrogens (tertiary/aromatic N) is 1. The molecule has 5 N–H and O–H groups in total. The first-order valence-corrected chi connectivity index (χ1v) is 15.3. The molecule has 3 aromatic rings. The summed E-state index contributed by atoms with van der Waals surface area (Å²) < 4.78 is 63.4. The molecular formula is C26H29N3O9S2. The zero-order chi connectivity index (χ0) is 29.5. The molecule has 0 aliphatic heterocycles. The number of ether oxygens (including phenoxy) is 2. The molecule has 12 nitrogen and oxygen atoms in total. The first-order chi connectivity index (χ1) is 18.9. The summed E-state index contributed by atoms with van der Waals surface area (Å²) in [5, 5.41) is 21.8. The van der Waals surface area contributed by atoms with Gasteiger partial charge in [-0.15, -0.1) is 0 Å². The van der Waals surface area contributed by atoms with Crippen LogP contribution in [0.3, 0.4) is 0 Å². The summed E-state index contributed by atoms with van der Waals surface area (Å²) in [5.74, 6) is -1.26. The molecule has 0 radical (unpaired) electrons. The third-order valence-corrected chi connectivity index (χ3v) is 8.30. The Labute approximate surface area is 232 Å². The van der Waals surface area contributed by atoms with Crippen LogP contribution in [0.5, 0.6) is 11.5 Å². The summed E-state index contributed by atoms with van der Waals surface area (Å²) in [7, 11) is -7.77. The Kier molecular flexibility index (Phi) is 9.74. The van der Waals surface area contributed by atoms with E-state index in [4.69, 9.17) is 20.4 Å². The van der Waals surface area contributed by atoms with E-state index >= 15 is 0 Å². The lowest BCUT2D eigenvalue weighted by Crippen LogP contribution is -2.27. The summed E-state index contributed by atoms with van der Waals surface area (Å²) in [6.07, 6.45) is 1.20. The maximum absolute atomic E-state index is 12.9. The Hall–Kier alpha value is -4.14. The van der Waals surface area contributed by atoms with Gasteiger partial charge in [0.25, 0.3) is 0 Å². The summed E-state index contributed by atoms with van der Waals surface area (Å²) in [6, 6.07) is 14.8. The van der Waals surface area contributed by atoms with E-state index in [1.807, 2.05) is 0 Å². The standard InChI is InChI=1S/C26H29N3O9S2/c1-3-37-25(31)16-38-22-14-18(20-6-4-5-7-23(20)39(2,33)34)9-8-17(22)12-13-28-40(35,36)24-15-19(26(27)29-32)10-11-21(24)30/h4-11,14-15,28,30,32H,3,12-13,16H2,1-2H3,(H2,27,29). The Bertz CT molecular complexity index is 1640. The number of rotatable bonds is 12. The zero-order valence-electron chi connectivity index (χ0n) is 21.7. The predicted molar refractivity (Wildman–Crippen MR) is 147 cm³/mol. The molecule has 0 bridgehead atoms. The smallest absolute Gasteiger partial charge is 0.344 e. The molecule has 0 saturated carbocycles. The number of amidine groups is 1. The van der Waals surface area contributed by atoms with Crippen LogP contribution in [0, 0.1) is 0 Å². The van der Waals surface area contributed by atoms with Gasteiger partial charge in [-0.2, -0.15) is 0 Å². The molecule has 0 aliphatic rings. The average Bonchev–Trinajstić information content (AvgIpc) is 2.91. The highest BCUT2D eigenvalue weighted by atomic mass is 32.2. The largest absolute Gasteiger partial charge is 0.507 e. The molecule has 0 atom stereocenters. The number of nitrogens with two attached hydrogens (primary N) is 1. The van der Waals surface area contributed by atoms with Crippen molar-refractivity contribution in [1.29, 1.82) is 0 Å². The van der Waals surface area contributed by atoms with Crippen molar-refractivity contribution < 1.29 is 41.4 Å². The highest BCUT2D eigenvalue weighted by Gasteiger charge is 2.21. The summed E-state index contributed by atoms with van der Waals surface area (Å²) in [4.78, 5) is 11.6. The minimum atomic E-state index is -4.22. The summed E-state index contributed by atoms with van der Waals surface area (Å²) in [6.45, 7) is 1.25. The van der Waals surface area contributed by atoms with Crippen molar-refractivity contribution >= 4 is 31.7 Å². The van der Waals surface area contributed by atoms with Gasteiger partial charge in [0.2, 0.25) is 10.0 Å². The second-order valence-corrected chi connectivity index (χ2v) is 12.2. The number of aromatic hydroxyl groups is 1. The van der Waals surface area contributed by atoms with Crippen LogP contribution >= 0.6 is 0 Å². The van der Waals surface area contributed by atoms with E-state index in [0.717, 1.165) is 18.4 Å². The number of hydrogen-bond donors (Lipinski definition) is 4. The monoisotopic (exact) mass is 591 g/mol. The van der Waals surface area contributed by atoms with Gasteiger partial charge in [0.05, 0.1) is 11.5 Å². The summed E-state index contributed by atoms with van der Waals surface area (Å²) >= 11 is 0. The third kappa shape index (κ3) is 7.49. The van der Waals surface area contributed by atoms with Crippen LogP contribution in [0.4, 0.5) is 0 Å². The molecule has 3 rings (SSSR count). The van der Waals surface area contributed by atoms with E-state index in [1.165, 1.54) is 12.1 Å². The van der Waals surface area contributed by atoms with E-state index in [-0.39, 0.29) is 41.6 Å². The van der Waals surface area contributed by atoms with Crippen LogP contribution in [0.1, 0.15) is 18.1 Å². The molecule has 14 heteroatoms. The van der Waals surface area contributed by atoms with Crippen molar-refractivity contribution in [3.8, 4) is 22.6 Å². The highest BCUT2D eigenvalue weighted by Crippen LogP contribution is 2.32. The second kappa shape index (κ2) is 12.8. The number of benzene rings is 3. The van der Waals surface area contributed by atoms with Crippen molar-refractivity contribution in [2.75, 3.05) is 26.0 Å². The van der Waals surface area contributed by atoms with E-state index in [9.17, 15) is 26.7 Å². The lowest BCUT2D eigenvalue weighted by Gasteiger charge is -2.15. The molecule has 0 amide bonds. The minimum Gasteiger partial charge on any atom is -0.507 e. The fourth-order valence-corrected chi connectivity index (χ4v) is 5.84. The Morgan fingerprint density at radius 2 is 1.75 bits per heavy atom. The number of carbonyl (C=O) groups is 1. The molecule has 0 aliphatic carbocycles. The Morgan fingerprint density at radius 3 is 2.42 bits per heavy atom. The van der Waals surface area contributed by atoms with Gasteiger partial charge in [0.1, 0.15) is 16.4 Å². The molecule has 214 valence electrons. The molecule has 40 heavy (non-hydrogen) atoms. The number of esters is 1. The zero-order valence-corrected chi connectivity index (χ0v) is 23.3. The van der Waals surface area contributed by atoms with Crippen molar-refractivity contribution in [2.24, 2.45) is 10.9 Å². The molecule has 0 spiro atoms. The Balaban J connectivity index is 1.90. The highest BCUT2D eigenvalue weighted by molar-refractivity contribution is 7.91. The number of hydrogen-bond acceptors (Lipinski definition) is 10. The molecule has 3 aromatic carbocycles. The molecule has 0 aromatic heterocycles. The topological polar surface area (TPSA) is 195 Å². The number of phenols is 1. The fourth-order valence-electron chi connectivity index (χ4n) is 3.78. The van der Waals surface area contributed by atoms with Crippen LogP contribution in [0.25, 0.3) is 11.1 Å². The molecular weight excluding hydrogens is 562 g/mol.